The van der Waals surface area contributed by atoms with Gasteiger partial charge in [0.15, 0.2) is 0 Å². The molecule has 7 heteroatoms. The Balaban J connectivity index is 0.00000208. The van der Waals surface area contributed by atoms with Crippen molar-refractivity contribution in [3.8, 4) is 5.75 Å². The molecule has 0 saturated carbocycles. The number of amides is 1. The zero-order valence-corrected chi connectivity index (χ0v) is 15.1. The third-order valence-corrected chi connectivity index (χ3v) is 4.99. The molecule has 2 heterocycles. The summed E-state index contributed by atoms with van der Waals surface area (Å²) in [6.45, 7) is 2.35. The monoisotopic (exact) mass is 354 g/mol. The van der Waals surface area contributed by atoms with E-state index in [2.05, 4.69) is 16.2 Å². The van der Waals surface area contributed by atoms with Gasteiger partial charge in [0.1, 0.15) is 5.75 Å². The molecule has 134 valence electrons. The van der Waals surface area contributed by atoms with Crippen molar-refractivity contribution in [3.63, 3.8) is 0 Å². The molecule has 3 N–H and O–H groups in total. The molecule has 1 aromatic rings. The van der Waals surface area contributed by atoms with Crippen LogP contribution in [0.4, 0.5) is 0 Å². The van der Waals surface area contributed by atoms with Gasteiger partial charge in [-0.2, -0.15) is 0 Å². The van der Waals surface area contributed by atoms with Gasteiger partial charge in [0.05, 0.1) is 19.1 Å². The first-order valence-electron chi connectivity index (χ1n) is 8.31. The van der Waals surface area contributed by atoms with Gasteiger partial charge >= 0.3 is 0 Å². The maximum atomic E-state index is 12.9. The van der Waals surface area contributed by atoms with Crippen molar-refractivity contribution >= 4 is 18.3 Å². The second-order valence-corrected chi connectivity index (χ2v) is 6.27. The van der Waals surface area contributed by atoms with Crippen molar-refractivity contribution in [1.29, 1.82) is 0 Å². The molecule has 2 saturated heterocycles. The molecule has 24 heavy (non-hydrogen) atoms. The number of ether oxygens (including phenoxy) is 1. The van der Waals surface area contributed by atoms with E-state index in [-0.39, 0.29) is 30.3 Å². The van der Waals surface area contributed by atoms with Crippen LogP contribution in [0.5, 0.6) is 5.75 Å². The van der Waals surface area contributed by atoms with E-state index in [1.807, 2.05) is 36.2 Å². The van der Waals surface area contributed by atoms with Crippen molar-refractivity contribution in [1.82, 2.24) is 21.1 Å². The summed E-state index contributed by atoms with van der Waals surface area (Å²) in [5, 5.41) is 3.30. The van der Waals surface area contributed by atoms with Crippen LogP contribution in [-0.2, 0) is 4.79 Å². The van der Waals surface area contributed by atoms with E-state index in [0.29, 0.717) is 12.6 Å². The van der Waals surface area contributed by atoms with Crippen LogP contribution in [0.1, 0.15) is 24.4 Å². The van der Waals surface area contributed by atoms with Crippen molar-refractivity contribution < 1.29 is 9.53 Å². The average molecular weight is 355 g/mol. The molecule has 6 nitrogen and oxygen atoms in total. The molecule has 0 aromatic heterocycles. The number of hydrogen-bond donors (Lipinski definition) is 3. The fourth-order valence-corrected chi connectivity index (χ4v) is 3.48. The quantitative estimate of drug-likeness (QED) is 0.755. The largest absolute Gasteiger partial charge is 0.497 e. The van der Waals surface area contributed by atoms with Crippen LogP contribution < -0.4 is 20.9 Å². The summed E-state index contributed by atoms with van der Waals surface area (Å²) in [6, 6.07) is 8.48. The minimum absolute atomic E-state index is 0. The molecule has 0 aliphatic carbocycles. The van der Waals surface area contributed by atoms with Gasteiger partial charge in [-0.3, -0.25) is 10.2 Å². The zero-order valence-electron chi connectivity index (χ0n) is 14.2. The fraction of sp³-hybridized carbons (Fsp3) is 0.588. The Hall–Kier alpha value is -1.34. The highest BCUT2D eigenvalue weighted by atomic mass is 35.5. The van der Waals surface area contributed by atoms with Gasteiger partial charge in [0.25, 0.3) is 0 Å². The van der Waals surface area contributed by atoms with E-state index in [1.54, 1.807) is 7.11 Å². The molecule has 2 unspecified atom stereocenters. The van der Waals surface area contributed by atoms with Crippen molar-refractivity contribution in [2.24, 2.45) is 5.92 Å². The maximum Gasteiger partial charge on any atom is 0.229 e. The second-order valence-electron chi connectivity index (χ2n) is 6.27. The summed E-state index contributed by atoms with van der Waals surface area (Å²) < 4.78 is 5.20. The highest BCUT2D eigenvalue weighted by Crippen LogP contribution is 2.28. The Morgan fingerprint density at radius 3 is 2.50 bits per heavy atom. The molecular formula is C17H27ClN4O2. The molecule has 2 atom stereocenters. The summed E-state index contributed by atoms with van der Waals surface area (Å²) >= 11 is 0. The standard InChI is InChI=1S/C17H26N4O2.ClH/c1-18-13-7-9-21(10-8-13)17(22)15-11-19-20-16(15)12-3-5-14(23-2)6-4-12;/h3-6,13,15-16,18-20H,7-11H2,1-2H3;1H. The van der Waals surface area contributed by atoms with Gasteiger partial charge in [-0.05, 0) is 37.6 Å². The summed E-state index contributed by atoms with van der Waals surface area (Å²) in [5.41, 5.74) is 7.51. The summed E-state index contributed by atoms with van der Waals surface area (Å²) in [6.07, 6.45) is 2.06. The summed E-state index contributed by atoms with van der Waals surface area (Å²) in [7, 11) is 3.65. The molecular weight excluding hydrogens is 328 g/mol. The third-order valence-electron chi connectivity index (χ3n) is 4.99. The Labute approximate surface area is 149 Å². The lowest BCUT2D eigenvalue weighted by atomic mass is 9.92. The predicted molar refractivity (Wildman–Crippen MR) is 96.3 cm³/mol. The van der Waals surface area contributed by atoms with E-state index in [9.17, 15) is 4.79 Å². The number of piperidine rings is 1. The van der Waals surface area contributed by atoms with Crippen LogP contribution in [-0.4, -0.2) is 50.6 Å². The van der Waals surface area contributed by atoms with E-state index in [4.69, 9.17) is 4.74 Å². The number of halogens is 1. The molecule has 0 bridgehead atoms. The molecule has 3 rings (SSSR count). The van der Waals surface area contributed by atoms with E-state index < -0.39 is 0 Å². The lowest BCUT2D eigenvalue weighted by molar-refractivity contribution is -0.136. The highest BCUT2D eigenvalue weighted by molar-refractivity contribution is 5.85. The Bertz CT molecular complexity index is 532. The zero-order chi connectivity index (χ0) is 16.2. The van der Waals surface area contributed by atoms with Crippen LogP contribution in [0.3, 0.4) is 0 Å². The number of carbonyl (C=O) groups is 1. The molecule has 0 spiro atoms. The normalized spacial score (nSPS) is 24.5. The number of hydrazine groups is 1. The van der Waals surface area contributed by atoms with Crippen LogP contribution in [0.15, 0.2) is 24.3 Å². The number of methoxy groups -OCH3 is 1. The molecule has 1 amide bonds. The maximum absolute atomic E-state index is 12.9. The molecule has 2 aliphatic rings. The van der Waals surface area contributed by atoms with Crippen molar-refractivity contribution in [2.75, 3.05) is 33.8 Å². The average Bonchev–Trinajstić information content (AvgIpc) is 3.11. The SMILES string of the molecule is CNC1CCN(C(=O)C2CNNC2c2ccc(OC)cc2)CC1.Cl. The van der Waals surface area contributed by atoms with E-state index >= 15 is 0 Å². The van der Waals surface area contributed by atoms with Gasteiger partial charge in [0.2, 0.25) is 5.91 Å². The van der Waals surface area contributed by atoms with Crippen LogP contribution in [0, 0.1) is 5.92 Å². The van der Waals surface area contributed by atoms with Crippen LogP contribution in [0.2, 0.25) is 0 Å². The highest BCUT2D eigenvalue weighted by Gasteiger charge is 2.37. The molecule has 2 aliphatic heterocycles. The van der Waals surface area contributed by atoms with Gasteiger partial charge in [-0.15, -0.1) is 12.4 Å². The summed E-state index contributed by atoms with van der Waals surface area (Å²) in [5.74, 6) is 1.02. The molecule has 1 aromatic carbocycles. The number of likely N-dealkylation sites (tertiary alicyclic amines) is 1. The number of benzene rings is 1. The smallest absolute Gasteiger partial charge is 0.229 e. The first-order valence-corrected chi connectivity index (χ1v) is 8.31. The predicted octanol–water partition coefficient (Wildman–Crippen LogP) is 1.09. The first-order chi connectivity index (χ1) is 11.2. The van der Waals surface area contributed by atoms with Gasteiger partial charge in [-0.1, -0.05) is 12.1 Å². The number of carbonyl (C=O) groups excluding carboxylic acids is 1. The topological polar surface area (TPSA) is 65.6 Å². The van der Waals surface area contributed by atoms with Gasteiger partial charge in [-0.25, -0.2) is 5.43 Å². The van der Waals surface area contributed by atoms with Crippen LogP contribution in [0.25, 0.3) is 0 Å². The van der Waals surface area contributed by atoms with Gasteiger partial charge < -0.3 is 15.0 Å². The lowest BCUT2D eigenvalue weighted by Gasteiger charge is -2.34. The van der Waals surface area contributed by atoms with Gasteiger partial charge in [0, 0.05) is 25.7 Å². The van der Waals surface area contributed by atoms with Crippen LogP contribution >= 0.6 is 12.4 Å². The minimum atomic E-state index is -0.0606. The Morgan fingerprint density at radius 2 is 1.92 bits per heavy atom. The first kappa shape index (κ1) is 19.0. The fourth-order valence-electron chi connectivity index (χ4n) is 3.48. The second kappa shape index (κ2) is 8.67. The Morgan fingerprint density at radius 1 is 1.25 bits per heavy atom. The number of hydrogen-bond acceptors (Lipinski definition) is 5. The third kappa shape index (κ3) is 4.00. The van der Waals surface area contributed by atoms with Crippen molar-refractivity contribution in [3.05, 3.63) is 29.8 Å². The summed E-state index contributed by atoms with van der Waals surface area (Å²) in [4.78, 5) is 14.9. The molecule has 0 radical (unpaired) electrons. The van der Waals surface area contributed by atoms with Crippen molar-refractivity contribution in [2.45, 2.75) is 24.9 Å². The lowest BCUT2D eigenvalue weighted by Crippen LogP contribution is -2.47. The number of nitrogens with one attached hydrogen (secondary N) is 3. The van der Waals surface area contributed by atoms with E-state index in [0.717, 1.165) is 37.2 Å². The number of rotatable bonds is 4. The van der Waals surface area contributed by atoms with E-state index in [1.165, 1.54) is 0 Å². The minimum Gasteiger partial charge on any atom is -0.497 e. The molecule has 2 fully saturated rings. The number of nitrogens with zero attached hydrogens (tertiary/aromatic N) is 1. The Kier molecular flexibility index (Phi) is 6.86.